The minimum Gasteiger partial charge on any atom is -0.337 e. The van der Waals surface area contributed by atoms with Gasteiger partial charge >= 0.3 is 0 Å². The smallest absolute Gasteiger partial charge is 0.277 e. The maximum atomic E-state index is 13.0. The summed E-state index contributed by atoms with van der Waals surface area (Å²) in [6, 6.07) is 15.6. The largest absolute Gasteiger partial charge is 0.337 e. The highest BCUT2D eigenvalue weighted by Crippen LogP contribution is 2.22. The van der Waals surface area contributed by atoms with E-state index in [-0.39, 0.29) is 12.1 Å². The lowest BCUT2D eigenvalue weighted by molar-refractivity contribution is 0.370. The quantitative estimate of drug-likeness (QED) is 0.378. The summed E-state index contributed by atoms with van der Waals surface area (Å²) < 4.78 is 9.48. The van der Waals surface area contributed by atoms with Gasteiger partial charge < -0.3 is 9.09 Å². The van der Waals surface area contributed by atoms with Crippen LogP contribution in [0.3, 0.4) is 0 Å². The maximum absolute atomic E-state index is 13.0. The minimum absolute atomic E-state index is 0.173. The zero-order valence-corrected chi connectivity index (χ0v) is 18.5. The lowest BCUT2D eigenvalue weighted by Gasteiger charge is -2.02. The molecule has 0 bridgehead atoms. The highest BCUT2D eigenvalue weighted by Gasteiger charge is 2.13. The average Bonchev–Trinajstić information content (AvgIpc) is 3.40. The zero-order valence-electron chi connectivity index (χ0n) is 16.9. The number of hydrogen-bond acceptors (Lipinski definition) is 5. The molecule has 2 aromatic carbocycles. The Bertz CT molecular complexity index is 1460. The third-order valence-electron chi connectivity index (χ3n) is 5.28. The third kappa shape index (κ3) is 3.70. The molecule has 0 amide bonds. The first kappa shape index (κ1) is 19.4. The summed E-state index contributed by atoms with van der Waals surface area (Å²) in [5, 5.41) is 8.59. The average molecular weight is 476 g/mol. The van der Waals surface area contributed by atoms with Crippen LogP contribution in [0.1, 0.15) is 17.0 Å². The van der Waals surface area contributed by atoms with Crippen molar-refractivity contribution in [3.05, 3.63) is 92.8 Å². The Morgan fingerprint density at radius 1 is 0.968 bits per heavy atom. The van der Waals surface area contributed by atoms with E-state index in [1.54, 1.807) is 21.5 Å². The third-order valence-corrected chi connectivity index (χ3v) is 5.81. The highest BCUT2D eigenvalue weighted by atomic mass is 79.9. The van der Waals surface area contributed by atoms with Gasteiger partial charge in [-0.3, -0.25) is 4.79 Å². The van der Waals surface area contributed by atoms with Gasteiger partial charge in [0.15, 0.2) is 0 Å². The Kier molecular flexibility index (Phi) is 4.78. The SMILES string of the molecule is Cc1ccc(-c2cc3c(=O)n(Cc4nc(-c5ccc(Br)cc5)no4)ccn3n2)cc1C. The van der Waals surface area contributed by atoms with Crippen LogP contribution >= 0.6 is 15.9 Å². The van der Waals surface area contributed by atoms with Gasteiger partial charge in [0.05, 0.1) is 5.69 Å². The molecule has 5 aromatic rings. The van der Waals surface area contributed by atoms with Crippen LogP contribution in [0.5, 0.6) is 0 Å². The zero-order chi connectivity index (χ0) is 21.5. The summed E-state index contributed by atoms with van der Waals surface area (Å²) in [7, 11) is 0. The van der Waals surface area contributed by atoms with Gasteiger partial charge in [0, 0.05) is 28.0 Å². The van der Waals surface area contributed by atoms with E-state index in [1.807, 2.05) is 36.4 Å². The van der Waals surface area contributed by atoms with Gasteiger partial charge in [-0.15, -0.1) is 0 Å². The fraction of sp³-hybridized carbons (Fsp3) is 0.130. The second-order valence-electron chi connectivity index (χ2n) is 7.41. The Morgan fingerprint density at radius 3 is 2.52 bits per heavy atom. The topological polar surface area (TPSA) is 78.2 Å². The van der Waals surface area contributed by atoms with Crippen molar-refractivity contribution in [3.63, 3.8) is 0 Å². The molecule has 31 heavy (non-hydrogen) atoms. The number of hydrogen-bond donors (Lipinski definition) is 0. The van der Waals surface area contributed by atoms with E-state index in [9.17, 15) is 4.79 Å². The number of aryl methyl sites for hydroxylation is 2. The summed E-state index contributed by atoms with van der Waals surface area (Å²) >= 11 is 3.41. The van der Waals surface area contributed by atoms with E-state index < -0.39 is 0 Å². The maximum Gasteiger partial charge on any atom is 0.277 e. The lowest BCUT2D eigenvalue weighted by Crippen LogP contribution is -2.21. The molecular formula is C23H18BrN5O2. The van der Waals surface area contributed by atoms with Crippen molar-refractivity contribution in [1.82, 2.24) is 24.3 Å². The Hall–Kier alpha value is -3.52. The van der Waals surface area contributed by atoms with Gasteiger partial charge in [0.25, 0.3) is 5.56 Å². The van der Waals surface area contributed by atoms with Crippen LogP contribution in [-0.4, -0.2) is 24.3 Å². The molecule has 0 fully saturated rings. The molecule has 3 aromatic heterocycles. The Balaban J connectivity index is 1.46. The van der Waals surface area contributed by atoms with Crippen LogP contribution in [0.25, 0.3) is 28.2 Å². The van der Waals surface area contributed by atoms with Crippen molar-refractivity contribution >= 4 is 21.4 Å². The van der Waals surface area contributed by atoms with Gasteiger partial charge in [0.1, 0.15) is 12.1 Å². The number of benzene rings is 2. The van der Waals surface area contributed by atoms with Crippen molar-refractivity contribution in [2.45, 2.75) is 20.4 Å². The first-order valence-electron chi connectivity index (χ1n) is 9.73. The Morgan fingerprint density at radius 2 is 1.74 bits per heavy atom. The fourth-order valence-electron chi connectivity index (χ4n) is 3.37. The first-order chi connectivity index (χ1) is 15.0. The predicted molar refractivity (Wildman–Crippen MR) is 121 cm³/mol. The molecule has 0 aliphatic carbocycles. The molecule has 0 atom stereocenters. The van der Waals surface area contributed by atoms with E-state index in [0.717, 1.165) is 21.3 Å². The summed E-state index contributed by atoms with van der Waals surface area (Å²) in [5.74, 6) is 0.844. The predicted octanol–water partition coefficient (Wildman–Crippen LogP) is 4.64. The highest BCUT2D eigenvalue weighted by molar-refractivity contribution is 9.10. The van der Waals surface area contributed by atoms with Crippen molar-refractivity contribution in [2.75, 3.05) is 0 Å². The molecule has 0 aliphatic heterocycles. The van der Waals surface area contributed by atoms with Crippen molar-refractivity contribution in [3.8, 4) is 22.6 Å². The van der Waals surface area contributed by atoms with Gasteiger partial charge in [0.2, 0.25) is 11.7 Å². The van der Waals surface area contributed by atoms with Crippen LogP contribution in [0.15, 0.2) is 74.7 Å². The number of nitrogens with zero attached hydrogens (tertiary/aromatic N) is 5. The van der Waals surface area contributed by atoms with Crippen molar-refractivity contribution in [1.29, 1.82) is 0 Å². The second-order valence-corrected chi connectivity index (χ2v) is 8.32. The van der Waals surface area contributed by atoms with Crippen LogP contribution < -0.4 is 5.56 Å². The number of fused-ring (bicyclic) bond motifs is 1. The first-order valence-corrected chi connectivity index (χ1v) is 10.5. The lowest BCUT2D eigenvalue weighted by atomic mass is 10.0. The van der Waals surface area contributed by atoms with Gasteiger partial charge in [-0.25, -0.2) is 4.52 Å². The van der Waals surface area contributed by atoms with E-state index in [2.05, 4.69) is 57.1 Å². The standard InChI is InChI=1S/C23H18BrN5O2/c1-14-3-4-17(11-15(14)2)19-12-20-23(30)28(9-10-29(20)26-19)13-21-25-22(27-31-21)16-5-7-18(24)8-6-16/h3-12H,13H2,1-2H3. The van der Waals surface area contributed by atoms with E-state index in [4.69, 9.17) is 4.52 Å². The molecule has 5 rings (SSSR count). The van der Waals surface area contributed by atoms with E-state index in [0.29, 0.717) is 17.2 Å². The summed E-state index contributed by atoms with van der Waals surface area (Å²) in [6.07, 6.45) is 3.43. The second kappa shape index (κ2) is 7.63. The number of halogens is 1. The summed E-state index contributed by atoms with van der Waals surface area (Å²) in [5.41, 5.74) is 5.30. The molecular weight excluding hydrogens is 458 g/mol. The molecule has 7 nitrogen and oxygen atoms in total. The van der Waals surface area contributed by atoms with Gasteiger partial charge in [-0.05, 0) is 61.4 Å². The normalized spacial score (nSPS) is 11.3. The van der Waals surface area contributed by atoms with Gasteiger partial charge in [-0.1, -0.05) is 33.2 Å². The fourth-order valence-corrected chi connectivity index (χ4v) is 3.64. The molecule has 0 saturated heterocycles. The molecule has 0 saturated carbocycles. The van der Waals surface area contributed by atoms with Crippen LogP contribution in [-0.2, 0) is 6.54 Å². The molecule has 0 N–H and O–H groups in total. The molecule has 0 aliphatic rings. The van der Waals surface area contributed by atoms with E-state index >= 15 is 0 Å². The van der Waals surface area contributed by atoms with Crippen molar-refractivity contribution < 1.29 is 4.52 Å². The van der Waals surface area contributed by atoms with Crippen LogP contribution in [0, 0.1) is 13.8 Å². The van der Waals surface area contributed by atoms with Gasteiger partial charge in [-0.2, -0.15) is 10.1 Å². The van der Waals surface area contributed by atoms with E-state index in [1.165, 1.54) is 11.1 Å². The van der Waals surface area contributed by atoms with Crippen LogP contribution in [0.4, 0.5) is 0 Å². The number of rotatable bonds is 4. The molecule has 8 heteroatoms. The van der Waals surface area contributed by atoms with Crippen LogP contribution in [0.2, 0.25) is 0 Å². The minimum atomic E-state index is -0.173. The molecule has 0 radical (unpaired) electrons. The summed E-state index contributed by atoms with van der Waals surface area (Å²) in [6.45, 7) is 4.32. The summed E-state index contributed by atoms with van der Waals surface area (Å²) in [4.78, 5) is 17.4. The van der Waals surface area contributed by atoms with Crippen molar-refractivity contribution in [2.24, 2.45) is 0 Å². The number of aromatic nitrogens is 5. The molecule has 3 heterocycles. The Labute approximate surface area is 186 Å². The monoisotopic (exact) mass is 475 g/mol. The molecule has 0 unspecified atom stereocenters. The molecule has 0 spiro atoms. The molecule has 154 valence electrons.